The number of aliphatic hydroxyl groups excluding tert-OH is 1. The lowest BCUT2D eigenvalue weighted by Gasteiger charge is -2.29. The zero-order chi connectivity index (χ0) is 29.5. The lowest BCUT2D eigenvalue weighted by atomic mass is 9.94. The number of aliphatic hydroxyl groups is 1. The SMILES string of the molecule is C=CCC[C@H](Cc1ccccc1)C(=O)O[C@@H](CNC(=O)[C@@H](CC=C)CC(=O)NC1(CO)CCCC1)c1ccccc1. The fourth-order valence-corrected chi connectivity index (χ4v) is 5.42. The maximum atomic E-state index is 13.4. The van der Waals surface area contributed by atoms with Gasteiger partial charge in [0.05, 0.1) is 30.5 Å². The molecule has 0 bridgehead atoms. The van der Waals surface area contributed by atoms with Crippen molar-refractivity contribution in [3.8, 4) is 0 Å². The Bertz CT molecular complexity index is 1130. The third kappa shape index (κ3) is 10.0. The Balaban J connectivity index is 1.67. The van der Waals surface area contributed by atoms with Crippen molar-refractivity contribution in [2.75, 3.05) is 13.2 Å². The lowest BCUT2D eigenvalue weighted by Crippen LogP contribution is -2.50. The molecule has 7 heteroatoms. The van der Waals surface area contributed by atoms with E-state index in [1.807, 2.05) is 60.7 Å². The monoisotopic (exact) mass is 560 g/mol. The van der Waals surface area contributed by atoms with E-state index in [-0.39, 0.29) is 43.3 Å². The highest BCUT2D eigenvalue weighted by molar-refractivity contribution is 5.86. The fraction of sp³-hybridized carbons (Fsp3) is 0.441. The van der Waals surface area contributed by atoms with Crippen LogP contribution in [0.4, 0.5) is 0 Å². The summed E-state index contributed by atoms with van der Waals surface area (Å²) in [6.07, 6.45) is 8.25. The number of hydrogen-bond donors (Lipinski definition) is 3. The predicted molar refractivity (Wildman–Crippen MR) is 161 cm³/mol. The molecule has 0 heterocycles. The first-order chi connectivity index (χ1) is 19.9. The van der Waals surface area contributed by atoms with Crippen LogP contribution in [0, 0.1) is 11.8 Å². The standard InChI is InChI=1S/C34H44N2O5/c1-3-5-17-29(22-26-15-8-6-9-16-26)33(40)41-30(27-18-10-7-11-19-27)24-35-32(39)28(14-4-2)23-31(38)36-34(25-37)20-12-13-21-34/h3-4,6-11,15-16,18-19,28-30,37H,1-2,5,12-14,17,20-25H2,(H,35,39)(H,36,38)/t28-,29+,30-/m0/s1. The van der Waals surface area contributed by atoms with Crippen molar-refractivity contribution < 1.29 is 24.2 Å². The van der Waals surface area contributed by atoms with E-state index in [9.17, 15) is 19.5 Å². The van der Waals surface area contributed by atoms with Crippen LogP contribution in [0.25, 0.3) is 0 Å². The highest BCUT2D eigenvalue weighted by atomic mass is 16.5. The topological polar surface area (TPSA) is 105 Å². The van der Waals surface area contributed by atoms with Gasteiger partial charge in [0.2, 0.25) is 11.8 Å². The molecule has 3 atom stereocenters. The Morgan fingerprint density at radius 3 is 2.22 bits per heavy atom. The van der Waals surface area contributed by atoms with Crippen molar-refractivity contribution in [1.82, 2.24) is 10.6 Å². The largest absolute Gasteiger partial charge is 0.455 e. The smallest absolute Gasteiger partial charge is 0.309 e. The zero-order valence-electron chi connectivity index (χ0n) is 23.9. The summed E-state index contributed by atoms with van der Waals surface area (Å²) in [7, 11) is 0. The van der Waals surface area contributed by atoms with Crippen LogP contribution < -0.4 is 10.6 Å². The van der Waals surface area contributed by atoms with Gasteiger partial charge in [-0.2, -0.15) is 0 Å². The summed E-state index contributed by atoms with van der Waals surface area (Å²) in [5, 5.41) is 15.7. The van der Waals surface area contributed by atoms with Crippen LogP contribution in [-0.2, 0) is 25.5 Å². The van der Waals surface area contributed by atoms with Crippen molar-refractivity contribution in [3.63, 3.8) is 0 Å². The van der Waals surface area contributed by atoms with Crippen LogP contribution in [0.3, 0.4) is 0 Å². The molecular formula is C34H44N2O5. The van der Waals surface area contributed by atoms with Crippen molar-refractivity contribution in [1.29, 1.82) is 0 Å². The Kier molecular flexibility index (Phi) is 12.8. The first-order valence-corrected chi connectivity index (χ1v) is 14.6. The molecule has 0 saturated heterocycles. The second-order valence-corrected chi connectivity index (χ2v) is 11.0. The summed E-state index contributed by atoms with van der Waals surface area (Å²) >= 11 is 0. The van der Waals surface area contributed by atoms with Crippen molar-refractivity contribution in [2.45, 2.75) is 69.4 Å². The van der Waals surface area contributed by atoms with Gasteiger partial charge in [0.1, 0.15) is 6.10 Å². The number of ether oxygens (including phenoxy) is 1. The molecule has 0 unspecified atom stereocenters. The lowest BCUT2D eigenvalue weighted by molar-refractivity contribution is -0.155. The minimum Gasteiger partial charge on any atom is -0.455 e. The Hall–Kier alpha value is -3.71. The van der Waals surface area contributed by atoms with Crippen LogP contribution in [0.1, 0.15) is 68.6 Å². The van der Waals surface area contributed by atoms with Gasteiger partial charge in [-0.05, 0) is 49.7 Å². The molecule has 0 aromatic heterocycles. The summed E-state index contributed by atoms with van der Waals surface area (Å²) in [5.74, 6) is -1.89. The second-order valence-electron chi connectivity index (χ2n) is 11.0. The molecular weight excluding hydrogens is 516 g/mol. The molecule has 7 nitrogen and oxygen atoms in total. The summed E-state index contributed by atoms with van der Waals surface area (Å²) in [4.78, 5) is 39.5. The fourth-order valence-electron chi connectivity index (χ4n) is 5.42. The quantitative estimate of drug-likeness (QED) is 0.182. The molecule has 220 valence electrons. The molecule has 0 aliphatic heterocycles. The predicted octanol–water partition coefficient (Wildman–Crippen LogP) is 5.22. The highest BCUT2D eigenvalue weighted by Crippen LogP contribution is 2.29. The molecule has 3 N–H and O–H groups in total. The van der Waals surface area contributed by atoms with E-state index in [0.29, 0.717) is 25.7 Å². The molecule has 2 amide bonds. The van der Waals surface area contributed by atoms with Gasteiger partial charge in [0.15, 0.2) is 0 Å². The third-order valence-electron chi connectivity index (χ3n) is 7.79. The summed E-state index contributed by atoms with van der Waals surface area (Å²) in [6, 6.07) is 19.2. The van der Waals surface area contributed by atoms with Crippen molar-refractivity contribution >= 4 is 17.8 Å². The summed E-state index contributed by atoms with van der Waals surface area (Å²) < 4.78 is 6.04. The Morgan fingerprint density at radius 1 is 0.951 bits per heavy atom. The van der Waals surface area contributed by atoms with Crippen LogP contribution >= 0.6 is 0 Å². The molecule has 1 aliphatic carbocycles. The molecule has 1 saturated carbocycles. The van der Waals surface area contributed by atoms with Gasteiger partial charge in [-0.1, -0.05) is 85.7 Å². The van der Waals surface area contributed by atoms with Crippen LogP contribution in [0.5, 0.6) is 0 Å². The second kappa shape index (κ2) is 16.5. The van der Waals surface area contributed by atoms with Gasteiger partial charge in [0, 0.05) is 6.42 Å². The zero-order valence-corrected chi connectivity index (χ0v) is 23.9. The van der Waals surface area contributed by atoms with Crippen molar-refractivity contribution in [3.05, 3.63) is 97.1 Å². The number of rotatable bonds is 17. The van der Waals surface area contributed by atoms with E-state index < -0.39 is 17.6 Å². The molecule has 0 radical (unpaired) electrons. The minimum atomic E-state index is -0.691. The van der Waals surface area contributed by atoms with Crippen LogP contribution in [0.2, 0.25) is 0 Å². The van der Waals surface area contributed by atoms with E-state index in [4.69, 9.17) is 4.74 Å². The van der Waals surface area contributed by atoms with Gasteiger partial charge in [-0.15, -0.1) is 13.2 Å². The Labute approximate surface area is 244 Å². The van der Waals surface area contributed by atoms with E-state index >= 15 is 0 Å². The summed E-state index contributed by atoms with van der Waals surface area (Å²) in [5.41, 5.74) is 1.22. The molecule has 41 heavy (non-hydrogen) atoms. The van der Waals surface area contributed by atoms with Gasteiger partial charge >= 0.3 is 5.97 Å². The molecule has 3 rings (SSSR count). The molecule has 1 aliphatic rings. The van der Waals surface area contributed by atoms with E-state index in [1.165, 1.54) is 0 Å². The summed E-state index contributed by atoms with van der Waals surface area (Å²) in [6.45, 7) is 7.52. The Morgan fingerprint density at radius 2 is 1.61 bits per heavy atom. The van der Waals surface area contributed by atoms with Gasteiger partial charge < -0.3 is 20.5 Å². The average Bonchev–Trinajstić information content (AvgIpc) is 3.46. The normalized spacial score (nSPS) is 16.1. The van der Waals surface area contributed by atoms with Crippen molar-refractivity contribution in [2.24, 2.45) is 11.8 Å². The van der Waals surface area contributed by atoms with Gasteiger partial charge in [0.25, 0.3) is 0 Å². The molecule has 2 aromatic carbocycles. The van der Waals surface area contributed by atoms with Crippen LogP contribution in [-0.4, -0.2) is 41.6 Å². The van der Waals surface area contributed by atoms with Gasteiger partial charge in [-0.25, -0.2) is 0 Å². The molecule has 1 fully saturated rings. The number of amides is 2. The molecule has 0 spiro atoms. The molecule has 2 aromatic rings. The average molecular weight is 561 g/mol. The number of allylic oxidation sites excluding steroid dienone is 2. The highest BCUT2D eigenvalue weighted by Gasteiger charge is 2.35. The minimum absolute atomic E-state index is 0.0178. The van der Waals surface area contributed by atoms with Crippen LogP contribution in [0.15, 0.2) is 86.0 Å². The number of hydrogen-bond acceptors (Lipinski definition) is 5. The first-order valence-electron chi connectivity index (χ1n) is 14.6. The number of nitrogens with one attached hydrogen (secondary N) is 2. The van der Waals surface area contributed by atoms with E-state index in [2.05, 4.69) is 23.8 Å². The van der Waals surface area contributed by atoms with Gasteiger partial charge in [-0.3, -0.25) is 14.4 Å². The maximum Gasteiger partial charge on any atom is 0.309 e. The number of benzene rings is 2. The third-order valence-corrected chi connectivity index (χ3v) is 7.79. The van der Waals surface area contributed by atoms with E-state index in [1.54, 1.807) is 12.2 Å². The first kappa shape index (κ1) is 31.8. The number of carbonyl (C=O) groups excluding carboxylic acids is 3. The van der Waals surface area contributed by atoms with E-state index in [0.717, 1.165) is 36.8 Å². The number of esters is 1. The maximum absolute atomic E-state index is 13.4. The number of carbonyl (C=O) groups is 3.